The predicted molar refractivity (Wildman–Crippen MR) is 128 cm³/mol. The number of sulfonamides is 1. The van der Waals surface area contributed by atoms with Crippen molar-refractivity contribution in [2.45, 2.75) is 25.7 Å². The van der Waals surface area contributed by atoms with Gasteiger partial charge in [-0.1, -0.05) is 35.9 Å². The van der Waals surface area contributed by atoms with Crippen LogP contribution in [0.1, 0.15) is 16.7 Å². The lowest BCUT2D eigenvalue weighted by atomic mass is 10.1. The SMILES string of the molecule is COc1ccc(C)cc1S(=O)(=O)N(CC(=O)Nc1ccccc1Cl)c1cc(C)cc(C)c1. The first-order chi connectivity index (χ1) is 15.1. The van der Waals surface area contributed by atoms with Crippen molar-refractivity contribution in [3.05, 3.63) is 82.4 Å². The molecule has 8 heteroatoms. The van der Waals surface area contributed by atoms with Gasteiger partial charge in [0, 0.05) is 0 Å². The summed E-state index contributed by atoms with van der Waals surface area (Å²) in [6, 6.07) is 17.1. The Balaban J connectivity index is 2.08. The topological polar surface area (TPSA) is 75.7 Å². The number of nitrogens with one attached hydrogen (secondary N) is 1. The normalized spacial score (nSPS) is 11.2. The first kappa shape index (κ1) is 23.6. The molecule has 0 saturated heterocycles. The standard InChI is InChI=1S/C24H25ClN2O4S/c1-16-9-10-22(31-4)23(14-16)32(29,30)27(19-12-17(2)11-18(3)13-19)15-24(28)26-21-8-6-5-7-20(21)25/h5-14H,15H2,1-4H3,(H,26,28). The number of aryl methyl sites for hydroxylation is 3. The minimum atomic E-state index is -4.14. The molecule has 0 aliphatic carbocycles. The van der Waals surface area contributed by atoms with E-state index >= 15 is 0 Å². The van der Waals surface area contributed by atoms with Gasteiger partial charge in [0.1, 0.15) is 17.2 Å². The van der Waals surface area contributed by atoms with Gasteiger partial charge in [-0.15, -0.1) is 0 Å². The number of hydrogen-bond donors (Lipinski definition) is 1. The van der Waals surface area contributed by atoms with Gasteiger partial charge < -0.3 is 10.1 Å². The molecule has 0 bridgehead atoms. The summed E-state index contributed by atoms with van der Waals surface area (Å²) in [5.41, 5.74) is 3.31. The first-order valence-electron chi connectivity index (χ1n) is 9.92. The van der Waals surface area contributed by atoms with Crippen molar-refractivity contribution < 1.29 is 17.9 Å². The van der Waals surface area contributed by atoms with Crippen LogP contribution in [0.2, 0.25) is 5.02 Å². The molecule has 6 nitrogen and oxygen atoms in total. The van der Waals surface area contributed by atoms with Crippen LogP contribution in [-0.4, -0.2) is 28.0 Å². The summed E-state index contributed by atoms with van der Waals surface area (Å²) in [4.78, 5) is 12.9. The van der Waals surface area contributed by atoms with E-state index in [1.54, 1.807) is 55.5 Å². The number of methoxy groups -OCH3 is 1. The van der Waals surface area contributed by atoms with E-state index in [2.05, 4.69) is 5.32 Å². The molecule has 0 radical (unpaired) electrons. The molecule has 0 saturated carbocycles. The molecule has 168 valence electrons. The zero-order valence-corrected chi connectivity index (χ0v) is 19.9. The zero-order valence-electron chi connectivity index (χ0n) is 18.3. The van der Waals surface area contributed by atoms with Gasteiger partial charge in [0.15, 0.2) is 0 Å². The van der Waals surface area contributed by atoms with Gasteiger partial charge in [-0.3, -0.25) is 9.10 Å². The quantitative estimate of drug-likeness (QED) is 0.518. The second-order valence-corrected chi connectivity index (χ2v) is 9.78. The average Bonchev–Trinajstić information content (AvgIpc) is 2.73. The monoisotopic (exact) mass is 472 g/mol. The summed E-state index contributed by atoms with van der Waals surface area (Å²) in [5, 5.41) is 3.06. The van der Waals surface area contributed by atoms with Crippen molar-refractivity contribution in [1.82, 2.24) is 0 Å². The van der Waals surface area contributed by atoms with Crippen LogP contribution in [0.5, 0.6) is 5.75 Å². The smallest absolute Gasteiger partial charge is 0.268 e. The fourth-order valence-corrected chi connectivity index (χ4v) is 5.23. The molecule has 0 unspecified atom stereocenters. The molecule has 1 amide bonds. The number of carbonyl (C=O) groups is 1. The van der Waals surface area contributed by atoms with Crippen molar-refractivity contribution in [2.24, 2.45) is 0 Å². The molecule has 0 aliphatic rings. The maximum absolute atomic E-state index is 13.8. The van der Waals surface area contributed by atoms with Gasteiger partial charge >= 0.3 is 0 Å². The Kier molecular flexibility index (Phi) is 7.11. The molecular weight excluding hydrogens is 448 g/mol. The third-order valence-electron chi connectivity index (χ3n) is 4.82. The lowest BCUT2D eigenvalue weighted by Crippen LogP contribution is -2.38. The molecule has 0 atom stereocenters. The molecule has 0 fully saturated rings. The van der Waals surface area contributed by atoms with Gasteiger partial charge in [-0.2, -0.15) is 0 Å². The number of benzene rings is 3. The van der Waals surface area contributed by atoms with Crippen LogP contribution in [0.3, 0.4) is 0 Å². The summed E-state index contributed by atoms with van der Waals surface area (Å²) in [6.07, 6.45) is 0. The molecule has 3 aromatic rings. The molecule has 0 heterocycles. The van der Waals surface area contributed by atoms with E-state index in [-0.39, 0.29) is 10.6 Å². The molecule has 0 aliphatic heterocycles. The third kappa shape index (κ3) is 5.23. The Morgan fingerprint density at radius 2 is 1.62 bits per heavy atom. The number of rotatable bonds is 7. The van der Waals surface area contributed by atoms with Gasteiger partial charge in [-0.25, -0.2) is 8.42 Å². The van der Waals surface area contributed by atoms with Gasteiger partial charge in [0.2, 0.25) is 5.91 Å². The number of halogens is 1. The highest BCUT2D eigenvalue weighted by molar-refractivity contribution is 7.93. The molecule has 3 aromatic carbocycles. The van der Waals surface area contributed by atoms with E-state index in [0.29, 0.717) is 16.4 Å². The highest BCUT2D eigenvalue weighted by Gasteiger charge is 2.30. The van der Waals surface area contributed by atoms with E-state index in [0.717, 1.165) is 21.0 Å². The summed E-state index contributed by atoms with van der Waals surface area (Å²) in [6.45, 7) is 5.11. The predicted octanol–water partition coefficient (Wildman–Crippen LogP) is 5.11. The lowest BCUT2D eigenvalue weighted by Gasteiger charge is -2.26. The van der Waals surface area contributed by atoms with E-state index in [4.69, 9.17) is 16.3 Å². The summed E-state index contributed by atoms with van der Waals surface area (Å²) < 4.78 is 34.0. The molecule has 32 heavy (non-hydrogen) atoms. The number of amides is 1. The zero-order chi connectivity index (χ0) is 23.5. The van der Waals surface area contributed by atoms with Crippen molar-refractivity contribution in [3.8, 4) is 5.75 Å². The first-order valence-corrected chi connectivity index (χ1v) is 11.7. The summed E-state index contributed by atoms with van der Waals surface area (Å²) in [5.74, 6) is -0.316. The number of para-hydroxylation sites is 1. The number of anilines is 2. The lowest BCUT2D eigenvalue weighted by molar-refractivity contribution is -0.114. The van der Waals surface area contributed by atoms with Crippen molar-refractivity contribution in [2.75, 3.05) is 23.3 Å². The maximum Gasteiger partial charge on any atom is 0.268 e. The van der Waals surface area contributed by atoms with Gasteiger partial charge in [-0.05, 0) is 73.9 Å². The second kappa shape index (κ2) is 9.63. The highest BCUT2D eigenvalue weighted by Crippen LogP contribution is 2.32. The van der Waals surface area contributed by atoms with E-state index < -0.39 is 22.5 Å². The van der Waals surface area contributed by atoms with E-state index in [1.165, 1.54) is 13.2 Å². The third-order valence-corrected chi connectivity index (χ3v) is 6.94. The Hall–Kier alpha value is -3.03. The van der Waals surface area contributed by atoms with Crippen LogP contribution >= 0.6 is 11.6 Å². The van der Waals surface area contributed by atoms with Crippen LogP contribution in [0.4, 0.5) is 11.4 Å². The fraction of sp³-hybridized carbons (Fsp3) is 0.208. The van der Waals surface area contributed by atoms with Crippen LogP contribution in [-0.2, 0) is 14.8 Å². The van der Waals surface area contributed by atoms with Crippen molar-refractivity contribution in [3.63, 3.8) is 0 Å². The van der Waals surface area contributed by atoms with Crippen LogP contribution < -0.4 is 14.4 Å². The maximum atomic E-state index is 13.8. The number of nitrogens with zero attached hydrogens (tertiary/aromatic N) is 1. The average molecular weight is 473 g/mol. The van der Waals surface area contributed by atoms with Crippen LogP contribution in [0.25, 0.3) is 0 Å². The van der Waals surface area contributed by atoms with E-state index in [9.17, 15) is 13.2 Å². The minimum Gasteiger partial charge on any atom is -0.495 e. The Morgan fingerprint density at radius 1 is 0.969 bits per heavy atom. The summed E-state index contributed by atoms with van der Waals surface area (Å²) >= 11 is 6.14. The van der Waals surface area contributed by atoms with Gasteiger partial charge in [0.25, 0.3) is 10.0 Å². The molecule has 0 spiro atoms. The number of carbonyl (C=O) groups excluding carboxylic acids is 1. The Bertz CT molecular complexity index is 1240. The number of hydrogen-bond acceptors (Lipinski definition) is 4. The highest BCUT2D eigenvalue weighted by atomic mass is 35.5. The number of ether oxygens (including phenoxy) is 1. The van der Waals surface area contributed by atoms with Crippen LogP contribution in [0.15, 0.2) is 65.6 Å². The largest absolute Gasteiger partial charge is 0.495 e. The fourth-order valence-electron chi connectivity index (χ4n) is 3.40. The van der Waals surface area contributed by atoms with Crippen LogP contribution in [0, 0.1) is 20.8 Å². The Morgan fingerprint density at radius 3 is 2.25 bits per heavy atom. The molecule has 1 N–H and O–H groups in total. The molecule has 3 rings (SSSR count). The van der Waals surface area contributed by atoms with Crippen molar-refractivity contribution in [1.29, 1.82) is 0 Å². The molecule has 0 aromatic heterocycles. The minimum absolute atomic E-state index is 0.00953. The van der Waals surface area contributed by atoms with Gasteiger partial charge in [0.05, 0.1) is 23.5 Å². The summed E-state index contributed by atoms with van der Waals surface area (Å²) in [7, 11) is -2.72. The van der Waals surface area contributed by atoms with Crippen molar-refractivity contribution >= 4 is 38.9 Å². The second-order valence-electron chi connectivity index (χ2n) is 7.54. The molecular formula is C24H25ClN2O4S. The Labute approximate surface area is 193 Å². The van der Waals surface area contributed by atoms with E-state index in [1.807, 2.05) is 19.9 Å².